The van der Waals surface area contributed by atoms with Crippen molar-refractivity contribution in [1.29, 1.82) is 0 Å². The highest BCUT2D eigenvalue weighted by molar-refractivity contribution is 7.09. The summed E-state index contributed by atoms with van der Waals surface area (Å²) in [5.74, 6) is 1.00. The van der Waals surface area contributed by atoms with Crippen molar-refractivity contribution >= 4 is 34.5 Å². The standard InChI is InChI=1S/C13H13Cl2NS/c14-9-13(10-15,8-12-16-6-7-17-12)11-4-2-1-3-5-11/h1-7H,8-10H2. The first-order valence-corrected chi connectivity index (χ1v) is 7.31. The highest BCUT2D eigenvalue weighted by Crippen LogP contribution is 2.32. The normalized spacial score (nSPS) is 11.6. The molecular weight excluding hydrogens is 273 g/mol. The zero-order valence-electron chi connectivity index (χ0n) is 9.27. The number of hydrogen-bond acceptors (Lipinski definition) is 2. The monoisotopic (exact) mass is 285 g/mol. The zero-order valence-corrected chi connectivity index (χ0v) is 11.6. The summed E-state index contributed by atoms with van der Waals surface area (Å²) < 4.78 is 0. The summed E-state index contributed by atoms with van der Waals surface area (Å²) in [6.45, 7) is 0. The summed E-state index contributed by atoms with van der Waals surface area (Å²) in [7, 11) is 0. The Labute approximate surface area is 115 Å². The molecule has 1 aromatic heterocycles. The number of thiazole rings is 1. The van der Waals surface area contributed by atoms with Crippen molar-refractivity contribution in [1.82, 2.24) is 4.98 Å². The second-order valence-corrected chi connectivity index (χ2v) is 5.53. The first-order valence-electron chi connectivity index (χ1n) is 5.36. The van der Waals surface area contributed by atoms with Crippen LogP contribution in [0, 0.1) is 0 Å². The van der Waals surface area contributed by atoms with Crippen LogP contribution in [0.25, 0.3) is 0 Å². The van der Waals surface area contributed by atoms with Crippen LogP contribution in [0.1, 0.15) is 10.6 Å². The van der Waals surface area contributed by atoms with E-state index < -0.39 is 0 Å². The van der Waals surface area contributed by atoms with Gasteiger partial charge in [-0.05, 0) is 5.56 Å². The molecule has 17 heavy (non-hydrogen) atoms. The highest BCUT2D eigenvalue weighted by Gasteiger charge is 2.31. The fraction of sp³-hybridized carbons (Fsp3) is 0.308. The predicted molar refractivity (Wildman–Crippen MR) is 75.4 cm³/mol. The second kappa shape index (κ2) is 5.85. The molecule has 0 bridgehead atoms. The lowest BCUT2D eigenvalue weighted by Gasteiger charge is -2.29. The minimum absolute atomic E-state index is 0.220. The van der Waals surface area contributed by atoms with Crippen molar-refractivity contribution < 1.29 is 0 Å². The summed E-state index contributed by atoms with van der Waals surface area (Å²) in [5.41, 5.74) is 0.961. The molecule has 0 spiro atoms. The number of benzene rings is 1. The van der Waals surface area contributed by atoms with Gasteiger partial charge < -0.3 is 0 Å². The van der Waals surface area contributed by atoms with Gasteiger partial charge in [0.1, 0.15) is 0 Å². The molecule has 0 unspecified atom stereocenters. The minimum atomic E-state index is -0.220. The third kappa shape index (κ3) is 2.82. The molecule has 0 saturated heterocycles. The van der Waals surface area contributed by atoms with Gasteiger partial charge in [-0.25, -0.2) is 4.98 Å². The van der Waals surface area contributed by atoms with Gasteiger partial charge >= 0.3 is 0 Å². The number of hydrogen-bond donors (Lipinski definition) is 0. The molecule has 0 saturated carbocycles. The van der Waals surface area contributed by atoms with E-state index in [4.69, 9.17) is 23.2 Å². The Morgan fingerprint density at radius 2 is 1.82 bits per heavy atom. The van der Waals surface area contributed by atoms with Gasteiger partial charge in [-0.2, -0.15) is 0 Å². The second-order valence-electron chi connectivity index (χ2n) is 4.02. The molecule has 1 aromatic carbocycles. The third-order valence-corrected chi connectivity index (χ3v) is 4.67. The van der Waals surface area contributed by atoms with Crippen molar-refractivity contribution in [2.24, 2.45) is 0 Å². The van der Waals surface area contributed by atoms with Crippen molar-refractivity contribution in [3.63, 3.8) is 0 Å². The van der Waals surface area contributed by atoms with Gasteiger partial charge in [0.15, 0.2) is 0 Å². The fourth-order valence-corrected chi connectivity index (χ4v) is 3.35. The van der Waals surface area contributed by atoms with Crippen LogP contribution in [-0.2, 0) is 11.8 Å². The molecule has 0 fully saturated rings. The Morgan fingerprint density at radius 3 is 2.35 bits per heavy atom. The Hall–Kier alpha value is -0.570. The van der Waals surface area contributed by atoms with E-state index in [0.29, 0.717) is 11.8 Å². The van der Waals surface area contributed by atoms with Crippen LogP contribution in [0.15, 0.2) is 41.9 Å². The lowest BCUT2D eigenvalue weighted by molar-refractivity contribution is 0.535. The van der Waals surface area contributed by atoms with Crippen LogP contribution in [0.5, 0.6) is 0 Å². The molecule has 0 atom stereocenters. The minimum Gasteiger partial charge on any atom is -0.250 e. The number of rotatable bonds is 5. The van der Waals surface area contributed by atoms with Crippen LogP contribution in [-0.4, -0.2) is 16.7 Å². The fourth-order valence-electron chi connectivity index (χ4n) is 1.81. The van der Waals surface area contributed by atoms with Crippen LogP contribution in [0.2, 0.25) is 0 Å². The van der Waals surface area contributed by atoms with E-state index in [0.717, 1.165) is 11.4 Å². The summed E-state index contributed by atoms with van der Waals surface area (Å²) >= 11 is 14.0. The van der Waals surface area contributed by atoms with E-state index in [2.05, 4.69) is 17.1 Å². The Morgan fingerprint density at radius 1 is 1.12 bits per heavy atom. The van der Waals surface area contributed by atoms with Crippen molar-refractivity contribution in [3.05, 3.63) is 52.5 Å². The Bertz CT molecular complexity index is 438. The molecule has 1 heterocycles. The van der Waals surface area contributed by atoms with Crippen LogP contribution in [0.3, 0.4) is 0 Å². The Kier molecular flexibility index (Phi) is 4.43. The maximum Gasteiger partial charge on any atom is 0.0934 e. The van der Waals surface area contributed by atoms with Gasteiger partial charge in [0.25, 0.3) is 0 Å². The number of aromatic nitrogens is 1. The molecule has 0 radical (unpaired) electrons. The Balaban J connectivity index is 2.32. The van der Waals surface area contributed by atoms with Gasteiger partial charge in [0, 0.05) is 35.2 Å². The first kappa shape index (κ1) is 12.9. The maximum absolute atomic E-state index is 6.17. The quantitative estimate of drug-likeness (QED) is 0.754. The first-order chi connectivity index (χ1) is 8.30. The van der Waals surface area contributed by atoms with Gasteiger partial charge in [0.05, 0.1) is 5.01 Å². The summed E-state index contributed by atoms with van der Waals surface area (Å²) in [6.07, 6.45) is 2.61. The van der Waals surface area contributed by atoms with Crippen molar-refractivity contribution in [2.45, 2.75) is 11.8 Å². The van der Waals surface area contributed by atoms with E-state index >= 15 is 0 Å². The van der Waals surface area contributed by atoms with Crippen molar-refractivity contribution in [3.8, 4) is 0 Å². The van der Waals surface area contributed by atoms with Crippen LogP contribution >= 0.6 is 34.5 Å². The molecule has 2 aromatic rings. The lowest BCUT2D eigenvalue weighted by Crippen LogP contribution is -2.33. The topological polar surface area (TPSA) is 12.9 Å². The molecule has 0 aliphatic rings. The maximum atomic E-state index is 6.17. The number of nitrogens with zero attached hydrogens (tertiary/aromatic N) is 1. The lowest BCUT2D eigenvalue weighted by atomic mass is 9.81. The van der Waals surface area contributed by atoms with E-state index in [1.807, 2.05) is 29.8 Å². The summed E-state index contributed by atoms with van der Waals surface area (Å²) in [6, 6.07) is 10.2. The number of halogens is 2. The average Bonchev–Trinajstić information content (AvgIpc) is 2.90. The predicted octanol–water partition coefficient (Wildman–Crippen LogP) is 4.10. The molecule has 1 nitrogen and oxygen atoms in total. The summed E-state index contributed by atoms with van der Waals surface area (Å²) in [5, 5.41) is 3.06. The van der Waals surface area contributed by atoms with E-state index in [-0.39, 0.29) is 5.41 Å². The van der Waals surface area contributed by atoms with Gasteiger partial charge in [-0.15, -0.1) is 34.5 Å². The van der Waals surface area contributed by atoms with Gasteiger partial charge in [-0.1, -0.05) is 30.3 Å². The number of alkyl halides is 2. The van der Waals surface area contributed by atoms with Gasteiger partial charge in [0.2, 0.25) is 0 Å². The molecule has 90 valence electrons. The van der Waals surface area contributed by atoms with E-state index in [1.54, 1.807) is 11.3 Å². The third-order valence-electron chi connectivity index (χ3n) is 2.87. The van der Waals surface area contributed by atoms with Crippen molar-refractivity contribution in [2.75, 3.05) is 11.8 Å². The average molecular weight is 286 g/mol. The molecule has 0 aliphatic carbocycles. The van der Waals surface area contributed by atoms with Gasteiger partial charge in [-0.3, -0.25) is 0 Å². The SMILES string of the molecule is ClCC(CCl)(Cc1nccs1)c1ccccc1. The molecule has 4 heteroatoms. The molecule has 0 N–H and O–H groups in total. The molecular formula is C13H13Cl2NS. The molecule has 2 rings (SSSR count). The highest BCUT2D eigenvalue weighted by atomic mass is 35.5. The molecule has 0 amide bonds. The van der Waals surface area contributed by atoms with E-state index in [9.17, 15) is 0 Å². The van der Waals surface area contributed by atoms with E-state index in [1.165, 1.54) is 5.56 Å². The smallest absolute Gasteiger partial charge is 0.0934 e. The zero-order chi connectivity index (χ0) is 12.1. The largest absolute Gasteiger partial charge is 0.250 e. The summed E-state index contributed by atoms with van der Waals surface area (Å²) in [4.78, 5) is 4.32. The van der Waals surface area contributed by atoms with Crippen LogP contribution < -0.4 is 0 Å². The van der Waals surface area contributed by atoms with Crippen LogP contribution in [0.4, 0.5) is 0 Å². The molecule has 0 aliphatic heterocycles.